The number of pyridine rings is 1. The van der Waals surface area contributed by atoms with Gasteiger partial charge in [-0.3, -0.25) is 4.79 Å². The maximum absolute atomic E-state index is 12.4. The maximum Gasteiger partial charge on any atom is 0.255 e. The van der Waals surface area contributed by atoms with Crippen LogP contribution < -0.4 is 10.1 Å². The van der Waals surface area contributed by atoms with Crippen LogP contribution in [-0.2, 0) is 6.42 Å². The van der Waals surface area contributed by atoms with Crippen molar-refractivity contribution in [3.8, 4) is 11.6 Å². The van der Waals surface area contributed by atoms with Gasteiger partial charge in [0.15, 0.2) is 0 Å². The van der Waals surface area contributed by atoms with Crippen molar-refractivity contribution in [1.29, 1.82) is 0 Å². The van der Waals surface area contributed by atoms with E-state index in [0.29, 0.717) is 17.1 Å². The summed E-state index contributed by atoms with van der Waals surface area (Å²) in [5.41, 5.74) is 5.64. The Kier molecular flexibility index (Phi) is 5.54. The van der Waals surface area contributed by atoms with Crippen LogP contribution in [0.5, 0.6) is 5.88 Å². The lowest BCUT2D eigenvalue weighted by atomic mass is 10.1. The first-order chi connectivity index (χ1) is 13.0. The number of carbonyl (C=O) groups excluding carboxylic acids is 1. The molecule has 0 fully saturated rings. The van der Waals surface area contributed by atoms with Gasteiger partial charge in [0.05, 0.1) is 30.4 Å². The number of hydrogen-bond donors (Lipinski definition) is 1. The van der Waals surface area contributed by atoms with Crippen LogP contribution in [0.15, 0.2) is 42.6 Å². The molecular formula is C21H24N4O2. The molecule has 3 rings (SSSR count). The predicted molar refractivity (Wildman–Crippen MR) is 106 cm³/mol. The number of aromatic nitrogens is 3. The summed E-state index contributed by atoms with van der Waals surface area (Å²) >= 11 is 0. The van der Waals surface area contributed by atoms with Crippen molar-refractivity contribution < 1.29 is 9.53 Å². The number of rotatable bonds is 6. The molecule has 0 spiro atoms. The molecule has 0 unspecified atom stereocenters. The molecule has 6 heteroatoms. The standard InChI is InChI=1S/C21H24N4O2/c1-5-6-19-14(2)24-25(15(19)3)18-10-7-16(8-11-18)21(26)23-17-9-12-20(27-4)22-13-17/h7-13H,5-6H2,1-4H3,(H,23,26). The Labute approximate surface area is 159 Å². The normalized spacial score (nSPS) is 10.7. The van der Waals surface area contributed by atoms with E-state index in [0.717, 1.165) is 29.9 Å². The number of anilines is 1. The van der Waals surface area contributed by atoms with Gasteiger partial charge in [-0.25, -0.2) is 9.67 Å². The molecule has 1 N–H and O–H groups in total. The topological polar surface area (TPSA) is 69.0 Å². The minimum Gasteiger partial charge on any atom is -0.481 e. The van der Waals surface area contributed by atoms with Gasteiger partial charge in [0.1, 0.15) is 0 Å². The molecular weight excluding hydrogens is 340 g/mol. The van der Waals surface area contributed by atoms with E-state index < -0.39 is 0 Å². The Morgan fingerprint density at radius 3 is 2.48 bits per heavy atom. The van der Waals surface area contributed by atoms with E-state index in [1.165, 1.54) is 5.56 Å². The lowest BCUT2D eigenvalue weighted by Gasteiger charge is -2.08. The van der Waals surface area contributed by atoms with E-state index in [2.05, 4.69) is 29.2 Å². The average molecular weight is 364 g/mol. The van der Waals surface area contributed by atoms with Gasteiger partial charge in [0.2, 0.25) is 5.88 Å². The third kappa shape index (κ3) is 4.00. The predicted octanol–water partition coefficient (Wildman–Crippen LogP) is 4.10. The summed E-state index contributed by atoms with van der Waals surface area (Å²) in [5.74, 6) is 0.318. The lowest BCUT2D eigenvalue weighted by Crippen LogP contribution is -2.12. The molecule has 27 heavy (non-hydrogen) atoms. The fraction of sp³-hybridized carbons (Fsp3) is 0.286. The third-order valence-corrected chi connectivity index (χ3v) is 4.52. The molecule has 1 aromatic carbocycles. The fourth-order valence-electron chi connectivity index (χ4n) is 3.07. The second-order valence-corrected chi connectivity index (χ2v) is 6.40. The lowest BCUT2D eigenvalue weighted by molar-refractivity contribution is 0.102. The third-order valence-electron chi connectivity index (χ3n) is 4.52. The number of hydrogen-bond acceptors (Lipinski definition) is 4. The molecule has 3 aromatic rings. The van der Waals surface area contributed by atoms with Crippen molar-refractivity contribution in [2.24, 2.45) is 0 Å². The Hall–Kier alpha value is -3.15. The summed E-state index contributed by atoms with van der Waals surface area (Å²) in [7, 11) is 1.55. The van der Waals surface area contributed by atoms with E-state index in [1.54, 1.807) is 37.6 Å². The van der Waals surface area contributed by atoms with Crippen LogP contribution in [0.2, 0.25) is 0 Å². The summed E-state index contributed by atoms with van der Waals surface area (Å²) < 4.78 is 6.96. The minimum absolute atomic E-state index is 0.187. The summed E-state index contributed by atoms with van der Waals surface area (Å²) in [6.07, 6.45) is 3.68. The first-order valence-electron chi connectivity index (χ1n) is 9.00. The Bertz CT molecular complexity index is 928. The van der Waals surface area contributed by atoms with Crippen molar-refractivity contribution in [3.63, 3.8) is 0 Å². The monoisotopic (exact) mass is 364 g/mol. The highest BCUT2D eigenvalue weighted by molar-refractivity contribution is 6.04. The molecule has 140 valence electrons. The Balaban J connectivity index is 1.76. The van der Waals surface area contributed by atoms with E-state index in [9.17, 15) is 4.79 Å². The van der Waals surface area contributed by atoms with Crippen LogP contribution in [0.1, 0.15) is 40.7 Å². The molecule has 0 saturated heterocycles. The van der Waals surface area contributed by atoms with E-state index in [4.69, 9.17) is 4.74 Å². The van der Waals surface area contributed by atoms with Crippen LogP contribution in [0.3, 0.4) is 0 Å². The van der Waals surface area contributed by atoms with Gasteiger partial charge in [-0.1, -0.05) is 13.3 Å². The zero-order chi connectivity index (χ0) is 19.4. The van der Waals surface area contributed by atoms with Crippen molar-refractivity contribution >= 4 is 11.6 Å². The van der Waals surface area contributed by atoms with Gasteiger partial charge < -0.3 is 10.1 Å². The SMILES string of the molecule is CCCc1c(C)nn(-c2ccc(C(=O)Nc3ccc(OC)nc3)cc2)c1C. The van der Waals surface area contributed by atoms with Crippen molar-refractivity contribution in [1.82, 2.24) is 14.8 Å². The summed E-state index contributed by atoms with van der Waals surface area (Å²) in [5, 5.41) is 7.48. The summed E-state index contributed by atoms with van der Waals surface area (Å²) in [6.45, 7) is 6.30. The molecule has 6 nitrogen and oxygen atoms in total. The highest BCUT2D eigenvalue weighted by Crippen LogP contribution is 2.20. The number of aryl methyl sites for hydroxylation is 1. The first kappa shape index (κ1) is 18.6. The Morgan fingerprint density at radius 1 is 1.15 bits per heavy atom. The number of amides is 1. The highest BCUT2D eigenvalue weighted by atomic mass is 16.5. The molecule has 0 aliphatic heterocycles. The zero-order valence-electron chi connectivity index (χ0n) is 16.1. The van der Waals surface area contributed by atoms with Crippen molar-refractivity contribution in [3.05, 3.63) is 65.1 Å². The molecule has 0 radical (unpaired) electrons. The van der Waals surface area contributed by atoms with Crippen LogP contribution in [0.25, 0.3) is 5.69 Å². The second kappa shape index (κ2) is 8.03. The Morgan fingerprint density at radius 2 is 1.89 bits per heavy atom. The van der Waals surface area contributed by atoms with Gasteiger partial charge in [-0.05, 0) is 56.2 Å². The van der Waals surface area contributed by atoms with E-state index in [-0.39, 0.29) is 5.91 Å². The number of carbonyl (C=O) groups is 1. The number of ether oxygens (including phenoxy) is 1. The quantitative estimate of drug-likeness (QED) is 0.715. The molecule has 2 aromatic heterocycles. The average Bonchev–Trinajstić information content (AvgIpc) is 2.97. The summed E-state index contributed by atoms with van der Waals surface area (Å²) in [6, 6.07) is 10.9. The maximum atomic E-state index is 12.4. The highest BCUT2D eigenvalue weighted by Gasteiger charge is 2.13. The van der Waals surface area contributed by atoms with Crippen LogP contribution in [0, 0.1) is 13.8 Å². The number of benzene rings is 1. The zero-order valence-corrected chi connectivity index (χ0v) is 16.1. The number of nitrogens with one attached hydrogen (secondary N) is 1. The minimum atomic E-state index is -0.187. The van der Waals surface area contributed by atoms with Gasteiger partial charge in [0, 0.05) is 17.3 Å². The molecule has 0 bridgehead atoms. The molecule has 0 atom stereocenters. The van der Waals surface area contributed by atoms with Gasteiger partial charge >= 0.3 is 0 Å². The first-order valence-corrected chi connectivity index (χ1v) is 9.00. The number of nitrogens with zero attached hydrogens (tertiary/aromatic N) is 3. The van der Waals surface area contributed by atoms with Gasteiger partial charge in [-0.15, -0.1) is 0 Å². The van der Waals surface area contributed by atoms with Crippen LogP contribution in [0.4, 0.5) is 5.69 Å². The second-order valence-electron chi connectivity index (χ2n) is 6.40. The molecule has 1 amide bonds. The van der Waals surface area contributed by atoms with E-state index >= 15 is 0 Å². The number of methoxy groups -OCH3 is 1. The molecule has 0 saturated carbocycles. The van der Waals surface area contributed by atoms with Crippen molar-refractivity contribution in [2.45, 2.75) is 33.6 Å². The van der Waals surface area contributed by atoms with Crippen LogP contribution >= 0.6 is 0 Å². The molecule has 0 aliphatic rings. The molecule has 0 aliphatic carbocycles. The largest absolute Gasteiger partial charge is 0.481 e. The molecule has 2 heterocycles. The summed E-state index contributed by atoms with van der Waals surface area (Å²) in [4.78, 5) is 16.5. The fourth-order valence-corrected chi connectivity index (χ4v) is 3.07. The van der Waals surface area contributed by atoms with Crippen LogP contribution in [-0.4, -0.2) is 27.8 Å². The van der Waals surface area contributed by atoms with Gasteiger partial charge in [0.25, 0.3) is 5.91 Å². The van der Waals surface area contributed by atoms with Gasteiger partial charge in [-0.2, -0.15) is 5.10 Å². The van der Waals surface area contributed by atoms with Crippen molar-refractivity contribution in [2.75, 3.05) is 12.4 Å². The van der Waals surface area contributed by atoms with E-state index in [1.807, 2.05) is 23.7 Å². The smallest absolute Gasteiger partial charge is 0.255 e.